The zero-order valence-corrected chi connectivity index (χ0v) is 11.9. The predicted octanol–water partition coefficient (Wildman–Crippen LogP) is 1.01. The van der Waals surface area contributed by atoms with E-state index in [-0.39, 0.29) is 24.4 Å². The molecule has 0 bridgehead atoms. The maximum absolute atomic E-state index is 11.9. The van der Waals surface area contributed by atoms with Crippen molar-refractivity contribution in [2.24, 2.45) is 0 Å². The van der Waals surface area contributed by atoms with Gasteiger partial charge in [-0.1, -0.05) is 6.07 Å². The van der Waals surface area contributed by atoms with Crippen molar-refractivity contribution in [1.29, 1.82) is 0 Å². The molecule has 0 radical (unpaired) electrons. The largest absolute Gasteiger partial charge is 0.378 e. The summed E-state index contributed by atoms with van der Waals surface area (Å²) in [4.78, 5) is 25.2. The van der Waals surface area contributed by atoms with Crippen LogP contribution in [-0.4, -0.2) is 38.5 Å². The molecule has 0 aliphatic carbocycles. The topological polar surface area (TPSA) is 61.4 Å². The van der Waals surface area contributed by atoms with Crippen molar-refractivity contribution >= 4 is 17.5 Å². The summed E-state index contributed by atoms with van der Waals surface area (Å²) in [6.07, 6.45) is 0. The van der Waals surface area contributed by atoms with Gasteiger partial charge in [0.05, 0.1) is 6.54 Å². The van der Waals surface area contributed by atoms with Gasteiger partial charge in [-0.2, -0.15) is 0 Å². The van der Waals surface area contributed by atoms with E-state index in [4.69, 9.17) is 0 Å². The van der Waals surface area contributed by atoms with Crippen LogP contribution in [0.4, 0.5) is 5.69 Å². The fourth-order valence-corrected chi connectivity index (χ4v) is 1.56. The fraction of sp³-hybridized carbons (Fsp3) is 0.429. The normalized spacial score (nSPS) is 10.2. The first-order valence-electron chi connectivity index (χ1n) is 6.25. The Kier molecular flexibility index (Phi) is 5.36. The lowest BCUT2D eigenvalue weighted by Crippen LogP contribution is -2.39. The smallest absolute Gasteiger partial charge is 0.251 e. The summed E-state index contributed by atoms with van der Waals surface area (Å²) >= 11 is 0. The highest BCUT2D eigenvalue weighted by Gasteiger charge is 2.09. The molecule has 0 atom stereocenters. The van der Waals surface area contributed by atoms with Crippen molar-refractivity contribution in [3.05, 3.63) is 29.8 Å². The molecule has 0 aliphatic heterocycles. The Hall–Kier alpha value is -2.04. The van der Waals surface area contributed by atoms with Gasteiger partial charge in [-0.15, -0.1) is 0 Å². The number of anilines is 1. The molecule has 0 aromatic heterocycles. The van der Waals surface area contributed by atoms with E-state index in [1.807, 2.05) is 45.0 Å². The third kappa shape index (κ3) is 4.99. The van der Waals surface area contributed by atoms with E-state index in [2.05, 4.69) is 10.6 Å². The van der Waals surface area contributed by atoms with E-state index in [1.165, 1.54) is 0 Å². The van der Waals surface area contributed by atoms with Crippen LogP contribution in [0.5, 0.6) is 0 Å². The SMILES string of the molecule is CC(C)NC(=O)CNC(=O)c1cccc(N(C)C)c1. The quantitative estimate of drug-likeness (QED) is 0.833. The summed E-state index contributed by atoms with van der Waals surface area (Å²) in [7, 11) is 3.82. The molecule has 104 valence electrons. The van der Waals surface area contributed by atoms with E-state index in [1.54, 1.807) is 12.1 Å². The molecule has 0 spiro atoms. The van der Waals surface area contributed by atoms with Gasteiger partial charge in [0.15, 0.2) is 0 Å². The van der Waals surface area contributed by atoms with Crippen LogP contribution in [0.1, 0.15) is 24.2 Å². The molecule has 0 unspecified atom stereocenters. The first-order valence-corrected chi connectivity index (χ1v) is 6.25. The monoisotopic (exact) mass is 263 g/mol. The number of benzene rings is 1. The van der Waals surface area contributed by atoms with E-state index < -0.39 is 0 Å². The van der Waals surface area contributed by atoms with Crippen LogP contribution >= 0.6 is 0 Å². The van der Waals surface area contributed by atoms with Gasteiger partial charge in [0.1, 0.15) is 0 Å². The lowest BCUT2D eigenvalue weighted by molar-refractivity contribution is -0.120. The van der Waals surface area contributed by atoms with Crippen LogP contribution in [-0.2, 0) is 4.79 Å². The van der Waals surface area contributed by atoms with E-state index >= 15 is 0 Å². The van der Waals surface area contributed by atoms with Gasteiger partial charge < -0.3 is 15.5 Å². The number of nitrogens with zero attached hydrogens (tertiary/aromatic N) is 1. The number of rotatable bonds is 5. The predicted molar refractivity (Wildman–Crippen MR) is 76.4 cm³/mol. The van der Waals surface area contributed by atoms with Crippen molar-refractivity contribution in [2.45, 2.75) is 19.9 Å². The third-order valence-electron chi connectivity index (χ3n) is 2.48. The van der Waals surface area contributed by atoms with Gasteiger partial charge in [-0.3, -0.25) is 9.59 Å². The fourth-order valence-electron chi connectivity index (χ4n) is 1.56. The lowest BCUT2D eigenvalue weighted by atomic mass is 10.2. The number of nitrogens with one attached hydrogen (secondary N) is 2. The molecule has 0 aliphatic rings. The Balaban J connectivity index is 2.59. The molecule has 0 saturated heterocycles. The van der Waals surface area contributed by atoms with Crippen LogP contribution in [0, 0.1) is 0 Å². The first-order chi connectivity index (χ1) is 8.90. The molecule has 5 nitrogen and oxygen atoms in total. The van der Waals surface area contributed by atoms with Gasteiger partial charge >= 0.3 is 0 Å². The van der Waals surface area contributed by atoms with Crippen molar-refractivity contribution in [3.8, 4) is 0 Å². The number of carbonyl (C=O) groups excluding carboxylic acids is 2. The third-order valence-corrected chi connectivity index (χ3v) is 2.48. The van der Waals surface area contributed by atoms with E-state index in [0.717, 1.165) is 5.69 Å². The molecule has 0 fully saturated rings. The highest BCUT2D eigenvalue weighted by molar-refractivity contribution is 5.97. The molecule has 0 heterocycles. The van der Waals surface area contributed by atoms with Crippen LogP contribution in [0.25, 0.3) is 0 Å². The minimum atomic E-state index is -0.248. The van der Waals surface area contributed by atoms with Gasteiger partial charge in [-0.05, 0) is 32.0 Å². The summed E-state index contributed by atoms with van der Waals surface area (Å²) in [5.41, 5.74) is 1.49. The highest BCUT2D eigenvalue weighted by Crippen LogP contribution is 2.13. The second-order valence-corrected chi connectivity index (χ2v) is 4.85. The second-order valence-electron chi connectivity index (χ2n) is 4.85. The number of hydrogen-bond donors (Lipinski definition) is 2. The van der Waals surface area contributed by atoms with Gasteiger partial charge in [0.25, 0.3) is 5.91 Å². The van der Waals surface area contributed by atoms with Crippen molar-refractivity contribution < 1.29 is 9.59 Å². The van der Waals surface area contributed by atoms with Crippen molar-refractivity contribution in [2.75, 3.05) is 25.5 Å². The Labute approximate surface area is 114 Å². The van der Waals surface area contributed by atoms with Gasteiger partial charge in [-0.25, -0.2) is 0 Å². The molecule has 5 heteroatoms. The molecule has 1 aromatic carbocycles. The lowest BCUT2D eigenvalue weighted by Gasteiger charge is -2.13. The van der Waals surface area contributed by atoms with E-state index in [9.17, 15) is 9.59 Å². The Bertz CT molecular complexity index is 456. The molecule has 19 heavy (non-hydrogen) atoms. The summed E-state index contributed by atoms with van der Waals surface area (Å²) < 4.78 is 0. The molecular weight excluding hydrogens is 242 g/mol. The van der Waals surface area contributed by atoms with Gasteiger partial charge in [0, 0.05) is 31.4 Å². The number of hydrogen-bond acceptors (Lipinski definition) is 3. The average Bonchev–Trinajstić information content (AvgIpc) is 2.35. The highest BCUT2D eigenvalue weighted by atomic mass is 16.2. The van der Waals surface area contributed by atoms with Crippen molar-refractivity contribution in [1.82, 2.24) is 10.6 Å². The summed E-state index contributed by atoms with van der Waals surface area (Å²) in [5.74, 6) is -0.435. The zero-order valence-electron chi connectivity index (χ0n) is 11.9. The van der Waals surface area contributed by atoms with Crippen LogP contribution in [0.2, 0.25) is 0 Å². The maximum Gasteiger partial charge on any atom is 0.251 e. The van der Waals surface area contributed by atoms with Crippen molar-refractivity contribution in [3.63, 3.8) is 0 Å². The summed E-state index contributed by atoms with van der Waals surface area (Å²) in [6, 6.07) is 7.32. The minimum Gasteiger partial charge on any atom is -0.378 e. The molecular formula is C14H21N3O2. The Morgan fingerprint density at radius 1 is 1.26 bits per heavy atom. The van der Waals surface area contributed by atoms with Gasteiger partial charge in [0.2, 0.25) is 5.91 Å². The second kappa shape index (κ2) is 6.78. The molecule has 1 rings (SSSR count). The van der Waals surface area contributed by atoms with E-state index in [0.29, 0.717) is 5.56 Å². The summed E-state index contributed by atoms with van der Waals surface area (Å²) in [6.45, 7) is 3.74. The molecule has 2 amide bonds. The van der Waals surface area contributed by atoms with Crippen LogP contribution in [0.3, 0.4) is 0 Å². The first kappa shape index (κ1) is 15.0. The number of amides is 2. The molecule has 1 aromatic rings. The molecule has 2 N–H and O–H groups in total. The minimum absolute atomic E-state index is 0.0107. The number of carbonyl (C=O) groups is 2. The Morgan fingerprint density at radius 3 is 2.53 bits per heavy atom. The Morgan fingerprint density at radius 2 is 1.95 bits per heavy atom. The molecule has 0 saturated carbocycles. The maximum atomic E-state index is 11.9. The summed E-state index contributed by atoms with van der Waals surface area (Å²) in [5, 5.41) is 5.32. The zero-order chi connectivity index (χ0) is 14.4. The van der Waals surface area contributed by atoms with Crippen LogP contribution < -0.4 is 15.5 Å². The standard InChI is InChI=1S/C14H21N3O2/c1-10(2)16-13(18)9-15-14(19)11-6-5-7-12(8-11)17(3)4/h5-8,10H,9H2,1-4H3,(H,15,19)(H,16,18). The average molecular weight is 263 g/mol. The van der Waals surface area contributed by atoms with Crippen LogP contribution in [0.15, 0.2) is 24.3 Å².